The largest absolute Gasteiger partial charge is 0.338 e. The van der Waals surface area contributed by atoms with Gasteiger partial charge in [0.05, 0.1) is 5.69 Å². The second-order valence-corrected chi connectivity index (χ2v) is 6.24. The second kappa shape index (κ2) is 8.98. The molecule has 0 aliphatic heterocycles. The van der Waals surface area contributed by atoms with Crippen LogP contribution in [0.3, 0.4) is 0 Å². The van der Waals surface area contributed by atoms with Gasteiger partial charge in [-0.25, -0.2) is 13.9 Å². The van der Waals surface area contributed by atoms with Crippen molar-refractivity contribution in [2.75, 3.05) is 13.1 Å². The molecule has 1 N–H and O–H groups in total. The number of rotatable bonds is 7. The van der Waals surface area contributed by atoms with Crippen molar-refractivity contribution in [1.29, 1.82) is 0 Å². The Morgan fingerprint density at radius 1 is 1.15 bits per heavy atom. The smallest absolute Gasteiger partial charge is 0.317 e. The number of nitrogens with zero attached hydrogens (tertiary/aromatic N) is 3. The van der Waals surface area contributed by atoms with Crippen molar-refractivity contribution in [3.8, 4) is 5.69 Å². The molecule has 5 nitrogen and oxygen atoms in total. The molecule has 6 heteroatoms. The number of amides is 2. The van der Waals surface area contributed by atoms with Crippen molar-refractivity contribution in [3.05, 3.63) is 83.9 Å². The molecular weight excluding hydrogens is 343 g/mol. The van der Waals surface area contributed by atoms with Gasteiger partial charge in [-0.3, -0.25) is 0 Å². The number of urea groups is 1. The van der Waals surface area contributed by atoms with Crippen LogP contribution in [0, 0.1) is 5.82 Å². The van der Waals surface area contributed by atoms with Gasteiger partial charge in [-0.15, -0.1) is 0 Å². The first-order valence-electron chi connectivity index (χ1n) is 9.02. The predicted molar refractivity (Wildman–Crippen MR) is 103 cm³/mol. The third-order valence-electron chi connectivity index (χ3n) is 4.33. The first-order chi connectivity index (χ1) is 13.2. The molecule has 0 fully saturated rings. The summed E-state index contributed by atoms with van der Waals surface area (Å²) in [5, 5.41) is 7.14. The fourth-order valence-electron chi connectivity index (χ4n) is 2.85. The molecule has 2 aromatic carbocycles. The topological polar surface area (TPSA) is 50.2 Å². The van der Waals surface area contributed by atoms with Gasteiger partial charge >= 0.3 is 6.03 Å². The van der Waals surface area contributed by atoms with Crippen LogP contribution in [0.1, 0.15) is 18.1 Å². The zero-order valence-corrected chi connectivity index (χ0v) is 15.3. The molecule has 140 valence electrons. The minimum Gasteiger partial charge on any atom is -0.338 e. The van der Waals surface area contributed by atoms with E-state index in [9.17, 15) is 9.18 Å². The summed E-state index contributed by atoms with van der Waals surface area (Å²) in [5.41, 5.74) is 2.92. The lowest BCUT2D eigenvalue weighted by molar-refractivity contribution is 0.198. The lowest BCUT2D eigenvalue weighted by atomic mass is 10.1. The van der Waals surface area contributed by atoms with Crippen molar-refractivity contribution in [2.45, 2.75) is 19.9 Å². The first kappa shape index (κ1) is 18.6. The zero-order valence-electron chi connectivity index (χ0n) is 15.3. The Morgan fingerprint density at radius 2 is 1.96 bits per heavy atom. The minimum absolute atomic E-state index is 0.144. The highest BCUT2D eigenvalue weighted by Crippen LogP contribution is 2.10. The van der Waals surface area contributed by atoms with Crippen molar-refractivity contribution in [2.24, 2.45) is 0 Å². The van der Waals surface area contributed by atoms with Gasteiger partial charge in [0.25, 0.3) is 0 Å². The van der Waals surface area contributed by atoms with Crippen LogP contribution in [0.25, 0.3) is 5.69 Å². The number of aromatic nitrogens is 2. The number of hydrogen-bond acceptors (Lipinski definition) is 2. The first-order valence-corrected chi connectivity index (χ1v) is 9.02. The summed E-state index contributed by atoms with van der Waals surface area (Å²) < 4.78 is 15.1. The van der Waals surface area contributed by atoms with E-state index in [0.717, 1.165) is 23.2 Å². The van der Waals surface area contributed by atoms with Crippen LogP contribution in [0.4, 0.5) is 9.18 Å². The highest BCUT2D eigenvalue weighted by molar-refractivity contribution is 5.74. The Balaban J connectivity index is 1.49. The molecule has 0 unspecified atom stereocenters. The molecule has 1 heterocycles. The SMILES string of the molecule is CCN(Cc1cccc(F)c1)C(=O)NCCc1ccc(-n2cccn2)cc1. The predicted octanol–water partition coefficient (Wildman–Crippen LogP) is 3.79. The third kappa shape index (κ3) is 5.17. The number of hydrogen-bond donors (Lipinski definition) is 1. The minimum atomic E-state index is -0.289. The van der Waals surface area contributed by atoms with Crippen LogP contribution in [-0.4, -0.2) is 33.8 Å². The van der Waals surface area contributed by atoms with Gasteiger partial charge in [0, 0.05) is 32.0 Å². The number of halogens is 1. The molecular formula is C21H23FN4O. The fourth-order valence-corrected chi connectivity index (χ4v) is 2.85. The highest BCUT2D eigenvalue weighted by atomic mass is 19.1. The molecule has 3 aromatic rings. The van der Waals surface area contributed by atoms with Crippen LogP contribution in [0.2, 0.25) is 0 Å². The molecule has 0 radical (unpaired) electrons. The van der Waals surface area contributed by atoms with Crippen LogP contribution in [0.15, 0.2) is 67.0 Å². The third-order valence-corrected chi connectivity index (χ3v) is 4.33. The van der Waals surface area contributed by atoms with E-state index in [1.165, 1.54) is 12.1 Å². The molecule has 2 amide bonds. The molecule has 0 bridgehead atoms. The van der Waals surface area contributed by atoms with Crippen LogP contribution in [0.5, 0.6) is 0 Å². The monoisotopic (exact) mass is 366 g/mol. The van der Waals surface area contributed by atoms with Gasteiger partial charge in [-0.2, -0.15) is 5.10 Å². The van der Waals surface area contributed by atoms with E-state index in [1.54, 1.807) is 21.8 Å². The van der Waals surface area contributed by atoms with Gasteiger partial charge in [-0.1, -0.05) is 24.3 Å². The Bertz CT molecular complexity index is 862. The second-order valence-electron chi connectivity index (χ2n) is 6.24. The molecule has 1 aromatic heterocycles. The quantitative estimate of drug-likeness (QED) is 0.692. The number of carbonyl (C=O) groups is 1. The van der Waals surface area contributed by atoms with E-state index >= 15 is 0 Å². The lowest BCUT2D eigenvalue weighted by Crippen LogP contribution is -2.40. The summed E-state index contributed by atoms with van der Waals surface area (Å²) in [5.74, 6) is -0.289. The molecule has 0 spiro atoms. The van der Waals surface area contributed by atoms with Crippen molar-refractivity contribution in [1.82, 2.24) is 20.0 Å². The van der Waals surface area contributed by atoms with Crippen LogP contribution >= 0.6 is 0 Å². The van der Waals surface area contributed by atoms with Crippen molar-refractivity contribution in [3.63, 3.8) is 0 Å². The maximum Gasteiger partial charge on any atom is 0.317 e. The van der Waals surface area contributed by atoms with E-state index in [1.807, 2.05) is 49.5 Å². The van der Waals surface area contributed by atoms with E-state index in [4.69, 9.17) is 0 Å². The summed E-state index contributed by atoms with van der Waals surface area (Å²) in [6.45, 7) is 3.39. The Kier molecular flexibility index (Phi) is 6.20. The number of nitrogens with one attached hydrogen (secondary N) is 1. The number of benzene rings is 2. The summed E-state index contributed by atoms with van der Waals surface area (Å²) in [4.78, 5) is 14.0. The summed E-state index contributed by atoms with van der Waals surface area (Å²) in [6, 6.07) is 16.2. The van der Waals surface area contributed by atoms with E-state index < -0.39 is 0 Å². The van der Waals surface area contributed by atoms with E-state index in [2.05, 4.69) is 10.4 Å². The summed E-state index contributed by atoms with van der Waals surface area (Å²) >= 11 is 0. The summed E-state index contributed by atoms with van der Waals surface area (Å²) in [6.07, 6.45) is 4.38. The van der Waals surface area contributed by atoms with Gasteiger partial charge < -0.3 is 10.2 Å². The Morgan fingerprint density at radius 3 is 2.63 bits per heavy atom. The van der Waals surface area contributed by atoms with Gasteiger partial charge in [0.2, 0.25) is 0 Å². The number of carbonyl (C=O) groups excluding carboxylic acids is 1. The Labute approximate surface area is 158 Å². The molecule has 0 aliphatic rings. The maximum absolute atomic E-state index is 13.3. The molecule has 0 saturated heterocycles. The van der Waals surface area contributed by atoms with Gasteiger partial charge in [-0.05, 0) is 54.8 Å². The van der Waals surface area contributed by atoms with Crippen molar-refractivity contribution >= 4 is 6.03 Å². The zero-order chi connectivity index (χ0) is 19.1. The van der Waals surface area contributed by atoms with Gasteiger partial charge in [0.1, 0.15) is 5.82 Å². The van der Waals surface area contributed by atoms with Crippen LogP contribution < -0.4 is 5.32 Å². The molecule has 3 rings (SSSR count). The average Bonchev–Trinajstić information content (AvgIpc) is 3.21. The Hall–Kier alpha value is -3.15. The van der Waals surface area contributed by atoms with Crippen molar-refractivity contribution < 1.29 is 9.18 Å². The van der Waals surface area contributed by atoms with E-state index in [-0.39, 0.29) is 11.8 Å². The standard InChI is InChI=1S/C21H23FN4O/c1-2-25(16-18-5-3-6-19(22)15-18)21(27)23-13-11-17-7-9-20(10-8-17)26-14-4-12-24-26/h3-10,12,14-15H,2,11,13,16H2,1H3,(H,23,27). The molecule has 0 atom stereocenters. The van der Waals surface area contributed by atoms with Crippen LogP contribution in [-0.2, 0) is 13.0 Å². The molecule has 27 heavy (non-hydrogen) atoms. The van der Waals surface area contributed by atoms with Gasteiger partial charge in [0.15, 0.2) is 0 Å². The normalized spacial score (nSPS) is 10.6. The molecule has 0 aliphatic carbocycles. The average molecular weight is 366 g/mol. The summed E-state index contributed by atoms with van der Waals surface area (Å²) in [7, 11) is 0. The van der Waals surface area contributed by atoms with E-state index in [0.29, 0.717) is 19.6 Å². The lowest BCUT2D eigenvalue weighted by Gasteiger charge is -2.21. The maximum atomic E-state index is 13.3. The highest BCUT2D eigenvalue weighted by Gasteiger charge is 2.11. The molecule has 0 saturated carbocycles. The fraction of sp³-hybridized carbons (Fsp3) is 0.238.